The van der Waals surface area contributed by atoms with E-state index in [2.05, 4.69) is 5.16 Å². The smallest absolute Gasteiger partial charge is 0.120 e. The molecular weight excluding hydrogens is 373 g/mol. The highest BCUT2D eigenvalue weighted by atomic mass is 35.5. The van der Waals surface area contributed by atoms with Gasteiger partial charge in [-0.1, -0.05) is 52.1 Å². The Balaban J connectivity index is 2.08. The fourth-order valence-electron chi connectivity index (χ4n) is 2.11. The van der Waals surface area contributed by atoms with E-state index in [0.717, 1.165) is 0 Å². The van der Waals surface area contributed by atoms with Gasteiger partial charge in [0.15, 0.2) is 0 Å². The molecule has 0 fully saturated rings. The predicted molar refractivity (Wildman–Crippen MR) is 97.5 cm³/mol. The topological polar surface area (TPSA) is 51.0 Å². The van der Waals surface area contributed by atoms with E-state index in [1.54, 1.807) is 36.4 Å². The minimum Gasteiger partial charge on any atom is -0.493 e. The molecule has 2 aromatic rings. The van der Waals surface area contributed by atoms with Crippen LogP contribution in [0.15, 0.2) is 41.6 Å². The molecule has 24 heavy (non-hydrogen) atoms. The molecule has 0 aromatic heterocycles. The van der Waals surface area contributed by atoms with Gasteiger partial charge in [0, 0.05) is 17.0 Å². The first-order valence-electron chi connectivity index (χ1n) is 7.13. The average Bonchev–Trinajstić information content (AvgIpc) is 2.55. The average molecular weight is 389 g/mol. The zero-order chi connectivity index (χ0) is 17.5. The number of aliphatic hydroxyl groups excluding tert-OH is 1. The first kappa shape index (κ1) is 18.9. The summed E-state index contributed by atoms with van der Waals surface area (Å²) in [6.07, 6.45) is 0.441. The van der Waals surface area contributed by atoms with Gasteiger partial charge in [0.2, 0.25) is 0 Å². The van der Waals surface area contributed by atoms with Crippen molar-refractivity contribution in [2.75, 3.05) is 13.7 Å². The Morgan fingerprint density at radius 1 is 1.08 bits per heavy atom. The van der Waals surface area contributed by atoms with Gasteiger partial charge < -0.3 is 14.7 Å². The zero-order valence-corrected chi connectivity index (χ0v) is 15.2. The molecule has 2 rings (SSSR count). The van der Waals surface area contributed by atoms with Crippen LogP contribution in [0.1, 0.15) is 17.5 Å². The fourth-order valence-corrected chi connectivity index (χ4v) is 2.96. The summed E-state index contributed by atoms with van der Waals surface area (Å²) in [6, 6.07) is 10.4. The Bertz CT molecular complexity index is 715. The highest BCUT2D eigenvalue weighted by molar-refractivity contribution is 6.40. The summed E-state index contributed by atoms with van der Waals surface area (Å²) in [5, 5.41) is 14.6. The summed E-state index contributed by atoms with van der Waals surface area (Å²) >= 11 is 18.5. The third-order valence-corrected chi connectivity index (χ3v) is 4.24. The van der Waals surface area contributed by atoms with Crippen LogP contribution in [-0.2, 0) is 11.4 Å². The molecular formula is C17H16Cl3NO3. The van der Waals surface area contributed by atoms with Gasteiger partial charge in [-0.2, -0.15) is 0 Å². The van der Waals surface area contributed by atoms with Crippen LogP contribution >= 0.6 is 34.8 Å². The predicted octanol–water partition coefficient (Wildman–Crippen LogP) is 4.96. The van der Waals surface area contributed by atoms with Gasteiger partial charge in [-0.25, -0.2) is 0 Å². The van der Waals surface area contributed by atoms with Crippen molar-refractivity contribution in [3.8, 4) is 5.75 Å². The summed E-state index contributed by atoms with van der Waals surface area (Å²) in [5.41, 5.74) is 1.86. The minimum absolute atomic E-state index is 0.116. The van der Waals surface area contributed by atoms with Gasteiger partial charge in [0.1, 0.15) is 12.9 Å². The second kappa shape index (κ2) is 9.14. The SMILES string of the molecule is CO/N=C(\CCOc1ccc(CO)c(Cl)c1)c1c(Cl)cccc1Cl. The number of hydrogen-bond donors (Lipinski definition) is 1. The van der Waals surface area contributed by atoms with E-state index in [1.165, 1.54) is 7.11 Å². The second-order valence-corrected chi connectivity index (χ2v) is 6.05. The van der Waals surface area contributed by atoms with E-state index in [9.17, 15) is 0 Å². The highest BCUT2D eigenvalue weighted by Crippen LogP contribution is 2.27. The van der Waals surface area contributed by atoms with Gasteiger partial charge in [0.05, 0.1) is 29.0 Å². The lowest BCUT2D eigenvalue weighted by Crippen LogP contribution is -2.10. The molecule has 0 aliphatic rings. The zero-order valence-electron chi connectivity index (χ0n) is 12.9. The number of hydrogen-bond acceptors (Lipinski definition) is 4. The first-order valence-corrected chi connectivity index (χ1v) is 8.26. The molecule has 0 atom stereocenters. The summed E-state index contributed by atoms with van der Waals surface area (Å²) < 4.78 is 5.68. The van der Waals surface area contributed by atoms with E-state index in [1.807, 2.05) is 0 Å². The number of benzene rings is 2. The highest BCUT2D eigenvalue weighted by Gasteiger charge is 2.14. The quantitative estimate of drug-likeness (QED) is 0.539. The largest absolute Gasteiger partial charge is 0.493 e. The van der Waals surface area contributed by atoms with Crippen molar-refractivity contribution >= 4 is 40.5 Å². The second-order valence-electron chi connectivity index (χ2n) is 4.83. The monoisotopic (exact) mass is 387 g/mol. The molecule has 0 unspecified atom stereocenters. The normalized spacial score (nSPS) is 11.5. The number of aliphatic hydroxyl groups is 1. The molecule has 2 aromatic carbocycles. The molecule has 1 N–H and O–H groups in total. The van der Waals surface area contributed by atoms with Crippen LogP contribution in [0.25, 0.3) is 0 Å². The molecule has 0 heterocycles. The number of oxime groups is 1. The maximum absolute atomic E-state index is 9.12. The van der Waals surface area contributed by atoms with Crippen molar-refractivity contribution in [2.45, 2.75) is 13.0 Å². The third kappa shape index (κ3) is 4.77. The Morgan fingerprint density at radius 3 is 2.38 bits per heavy atom. The fraction of sp³-hybridized carbons (Fsp3) is 0.235. The van der Waals surface area contributed by atoms with Crippen LogP contribution in [0.2, 0.25) is 15.1 Å². The van der Waals surface area contributed by atoms with Crippen molar-refractivity contribution in [3.05, 3.63) is 62.6 Å². The summed E-state index contributed by atoms with van der Waals surface area (Å²) in [7, 11) is 1.46. The molecule has 4 nitrogen and oxygen atoms in total. The van der Waals surface area contributed by atoms with Gasteiger partial charge in [-0.15, -0.1) is 0 Å². The van der Waals surface area contributed by atoms with Crippen LogP contribution in [0.3, 0.4) is 0 Å². The Hall–Kier alpha value is -1.46. The van der Waals surface area contributed by atoms with Gasteiger partial charge in [-0.05, 0) is 29.8 Å². The summed E-state index contributed by atoms with van der Waals surface area (Å²) in [6.45, 7) is 0.216. The molecule has 0 aliphatic carbocycles. The minimum atomic E-state index is -0.116. The first-order chi connectivity index (χ1) is 11.6. The van der Waals surface area contributed by atoms with Crippen LogP contribution in [0.5, 0.6) is 5.75 Å². The maximum atomic E-state index is 9.12. The Morgan fingerprint density at radius 2 is 1.79 bits per heavy atom. The molecule has 0 saturated heterocycles. The van der Waals surface area contributed by atoms with E-state index in [-0.39, 0.29) is 6.61 Å². The van der Waals surface area contributed by atoms with Gasteiger partial charge in [-0.3, -0.25) is 0 Å². The van der Waals surface area contributed by atoms with Crippen LogP contribution in [0.4, 0.5) is 0 Å². The standard InChI is InChI=1S/C17H16Cl3NO3/c1-23-21-16(17-13(18)3-2-4-14(17)19)7-8-24-12-6-5-11(10-22)15(20)9-12/h2-6,9,22H,7-8,10H2,1H3/b21-16+. The van der Waals surface area contributed by atoms with Gasteiger partial charge in [0.25, 0.3) is 0 Å². The third-order valence-electron chi connectivity index (χ3n) is 3.26. The van der Waals surface area contributed by atoms with Crippen molar-refractivity contribution in [1.82, 2.24) is 0 Å². The van der Waals surface area contributed by atoms with Gasteiger partial charge >= 0.3 is 0 Å². The molecule has 0 bridgehead atoms. The van der Waals surface area contributed by atoms with Crippen molar-refractivity contribution in [1.29, 1.82) is 0 Å². The molecule has 0 radical (unpaired) electrons. The lowest BCUT2D eigenvalue weighted by molar-refractivity contribution is 0.211. The number of halogens is 3. The summed E-state index contributed by atoms with van der Waals surface area (Å²) in [4.78, 5) is 4.89. The number of nitrogens with zero attached hydrogens (tertiary/aromatic N) is 1. The van der Waals surface area contributed by atoms with Crippen LogP contribution in [-0.4, -0.2) is 24.5 Å². The number of ether oxygens (including phenoxy) is 1. The lowest BCUT2D eigenvalue weighted by atomic mass is 10.1. The number of rotatable bonds is 7. The molecule has 7 heteroatoms. The molecule has 0 aliphatic heterocycles. The van der Waals surface area contributed by atoms with E-state index >= 15 is 0 Å². The van der Waals surface area contributed by atoms with Crippen LogP contribution < -0.4 is 4.74 Å². The van der Waals surface area contributed by atoms with Crippen molar-refractivity contribution < 1.29 is 14.7 Å². The Labute approximate surface area is 155 Å². The Kier molecular flexibility index (Phi) is 7.18. The molecule has 0 saturated carbocycles. The lowest BCUT2D eigenvalue weighted by Gasteiger charge is -2.12. The van der Waals surface area contributed by atoms with E-state index in [0.29, 0.717) is 50.7 Å². The van der Waals surface area contributed by atoms with Crippen molar-refractivity contribution in [2.24, 2.45) is 5.16 Å². The van der Waals surface area contributed by atoms with Crippen molar-refractivity contribution in [3.63, 3.8) is 0 Å². The molecule has 0 amide bonds. The molecule has 0 spiro atoms. The van der Waals surface area contributed by atoms with Crippen LogP contribution in [0, 0.1) is 0 Å². The maximum Gasteiger partial charge on any atom is 0.120 e. The van der Waals surface area contributed by atoms with E-state index < -0.39 is 0 Å². The summed E-state index contributed by atoms with van der Waals surface area (Å²) in [5.74, 6) is 0.597. The van der Waals surface area contributed by atoms with E-state index in [4.69, 9.17) is 49.5 Å². The molecule has 128 valence electrons.